The molecule has 0 amide bonds. The normalized spacial score (nSPS) is 14.5. The predicted octanol–water partition coefficient (Wildman–Crippen LogP) is 24.1. The molecular formula is C81H158O17P2. The first-order chi connectivity index (χ1) is 48.3. The third kappa shape index (κ3) is 71.7. The number of rotatable bonds is 79. The first-order valence-electron chi connectivity index (χ1n) is 41.9. The highest BCUT2D eigenvalue weighted by Crippen LogP contribution is 2.45. The van der Waals surface area contributed by atoms with Crippen LogP contribution in [0.25, 0.3) is 0 Å². The molecule has 0 aliphatic rings. The third-order valence-electron chi connectivity index (χ3n) is 19.6. The monoisotopic (exact) mass is 1470 g/mol. The highest BCUT2D eigenvalue weighted by Gasteiger charge is 2.30. The minimum absolute atomic E-state index is 0.105. The van der Waals surface area contributed by atoms with Gasteiger partial charge in [0, 0.05) is 25.7 Å². The predicted molar refractivity (Wildman–Crippen MR) is 409 cm³/mol. The molecule has 0 aromatic rings. The zero-order chi connectivity index (χ0) is 73.7. The Balaban J connectivity index is 5.21. The minimum Gasteiger partial charge on any atom is -0.462 e. The van der Waals surface area contributed by atoms with Gasteiger partial charge in [0.2, 0.25) is 0 Å². The van der Waals surface area contributed by atoms with Gasteiger partial charge in [-0.15, -0.1) is 0 Å². The van der Waals surface area contributed by atoms with Gasteiger partial charge in [0.25, 0.3) is 0 Å². The van der Waals surface area contributed by atoms with E-state index < -0.39 is 97.5 Å². The summed E-state index contributed by atoms with van der Waals surface area (Å²) in [7, 11) is -9.92. The Morgan fingerprint density at radius 3 is 0.760 bits per heavy atom. The standard InChI is InChI=1S/C81H158O17P2/c1-8-11-12-13-14-15-16-17-18-19-20-21-22-23-24-25-26-27-35-42-50-57-64-80(85)97-76(68-91-78(83)62-55-48-41-34-30-28-32-39-46-53-60-73(6)9-2)70-95-99(87,88)93-66-75(82)67-94-100(89,90)96-71-77(69-92-79(84)63-56-49-44-37-38-45-52-59-72(4)5)98-81(86)65-58-51-43-36-31-29-33-40-47-54-61-74(7)10-3/h72-77,82H,8-71H2,1-7H3,(H,87,88)(H,89,90)/t73?,74?,75-,76-,77-/m1/s1. The van der Waals surface area contributed by atoms with Crippen molar-refractivity contribution in [2.45, 2.75) is 439 Å². The fraction of sp³-hybridized carbons (Fsp3) is 0.951. The van der Waals surface area contributed by atoms with E-state index in [-0.39, 0.29) is 25.7 Å². The van der Waals surface area contributed by atoms with Crippen molar-refractivity contribution in [2.75, 3.05) is 39.6 Å². The minimum atomic E-state index is -4.96. The Morgan fingerprint density at radius 1 is 0.290 bits per heavy atom. The summed E-state index contributed by atoms with van der Waals surface area (Å²) in [6, 6.07) is 0. The molecule has 4 unspecified atom stereocenters. The van der Waals surface area contributed by atoms with E-state index in [1.165, 1.54) is 225 Å². The van der Waals surface area contributed by atoms with Crippen molar-refractivity contribution < 1.29 is 80.2 Å². The molecule has 0 aromatic carbocycles. The molecule has 0 saturated heterocycles. The Hall–Kier alpha value is -1.94. The van der Waals surface area contributed by atoms with Gasteiger partial charge < -0.3 is 33.8 Å². The first kappa shape index (κ1) is 98.1. The van der Waals surface area contributed by atoms with Gasteiger partial charge in [0.1, 0.15) is 19.3 Å². The average molecular weight is 1470 g/mol. The molecular weight excluding hydrogens is 1310 g/mol. The largest absolute Gasteiger partial charge is 0.472 e. The molecule has 0 spiro atoms. The maximum Gasteiger partial charge on any atom is 0.472 e. The van der Waals surface area contributed by atoms with E-state index in [9.17, 15) is 43.2 Å². The fourth-order valence-corrected chi connectivity index (χ4v) is 14.0. The SMILES string of the molecule is CCCCCCCCCCCCCCCCCCCCCCCCC(=O)O[C@H](COC(=O)CCCCCCCCCCCCC(C)CC)COP(=O)(O)OC[C@@H](O)COP(=O)(O)OC[C@@H](COC(=O)CCCCCCCCCC(C)C)OC(=O)CCCCCCCCCCCCC(C)CC. The number of carbonyl (C=O) groups excluding carboxylic acids is 4. The van der Waals surface area contributed by atoms with Crippen LogP contribution in [0.5, 0.6) is 0 Å². The van der Waals surface area contributed by atoms with Crippen molar-refractivity contribution >= 4 is 39.5 Å². The molecule has 0 rings (SSSR count). The van der Waals surface area contributed by atoms with Crippen LogP contribution in [0.1, 0.15) is 421 Å². The highest BCUT2D eigenvalue weighted by atomic mass is 31.2. The third-order valence-corrected chi connectivity index (χ3v) is 21.5. The van der Waals surface area contributed by atoms with Gasteiger partial charge in [-0.25, -0.2) is 9.13 Å². The van der Waals surface area contributed by atoms with Gasteiger partial charge in [-0.3, -0.25) is 37.3 Å². The van der Waals surface area contributed by atoms with Crippen LogP contribution < -0.4 is 0 Å². The van der Waals surface area contributed by atoms with Gasteiger partial charge >= 0.3 is 39.5 Å². The van der Waals surface area contributed by atoms with Crippen molar-refractivity contribution in [1.82, 2.24) is 0 Å². The highest BCUT2D eigenvalue weighted by molar-refractivity contribution is 7.47. The van der Waals surface area contributed by atoms with Gasteiger partial charge in [0.05, 0.1) is 26.4 Å². The van der Waals surface area contributed by atoms with Crippen molar-refractivity contribution in [3.8, 4) is 0 Å². The lowest BCUT2D eigenvalue weighted by Gasteiger charge is -2.21. The number of aliphatic hydroxyl groups is 1. The molecule has 0 fully saturated rings. The number of hydrogen-bond donors (Lipinski definition) is 3. The van der Waals surface area contributed by atoms with Gasteiger partial charge in [-0.05, 0) is 43.4 Å². The van der Waals surface area contributed by atoms with E-state index in [1.807, 2.05) is 0 Å². The summed E-state index contributed by atoms with van der Waals surface area (Å²) in [5.74, 6) is 0.203. The quantitative estimate of drug-likeness (QED) is 0.0222. The topological polar surface area (TPSA) is 237 Å². The average Bonchev–Trinajstić information content (AvgIpc) is 0.922. The fourth-order valence-electron chi connectivity index (χ4n) is 12.4. The smallest absolute Gasteiger partial charge is 0.462 e. The number of phosphoric acid groups is 2. The van der Waals surface area contributed by atoms with Crippen LogP contribution >= 0.6 is 15.6 Å². The summed E-state index contributed by atoms with van der Waals surface area (Å²) >= 11 is 0. The lowest BCUT2D eigenvalue weighted by atomic mass is 9.99. The number of carbonyl (C=O) groups is 4. The van der Waals surface area contributed by atoms with Crippen LogP contribution in [0, 0.1) is 17.8 Å². The number of phosphoric ester groups is 2. The molecule has 0 saturated carbocycles. The second-order valence-electron chi connectivity index (χ2n) is 30.1. The molecule has 0 aliphatic heterocycles. The zero-order valence-electron chi connectivity index (χ0n) is 65.7. The molecule has 0 aromatic heterocycles. The summed E-state index contributed by atoms with van der Waals surface area (Å²) < 4.78 is 68.7. The molecule has 0 heterocycles. The van der Waals surface area contributed by atoms with Crippen molar-refractivity contribution in [3.63, 3.8) is 0 Å². The molecule has 0 radical (unpaired) electrons. The first-order valence-corrected chi connectivity index (χ1v) is 44.9. The van der Waals surface area contributed by atoms with Crippen molar-refractivity contribution in [1.29, 1.82) is 0 Å². The molecule has 0 aliphatic carbocycles. The molecule has 100 heavy (non-hydrogen) atoms. The van der Waals surface area contributed by atoms with Crippen LogP contribution in [0.2, 0.25) is 0 Å². The molecule has 594 valence electrons. The van der Waals surface area contributed by atoms with E-state index in [2.05, 4.69) is 48.5 Å². The van der Waals surface area contributed by atoms with Gasteiger partial charge in [-0.1, -0.05) is 370 Å². The summed E-state index contributed by atoms with van der Waals surface area (Å²) in [5, 5.41) is 10.6. The van der Waals surface area contributed by atoms with Crippen LogP contribution in [0.15, 0.2) is 0 Å². The van der Waals surface area contributed by atoms with Gasteiger partial charge in [0.15, 0.2) is 12.2 Å². The maximum atomic E-state index is 13.1. The number of esters is 4. The second kappa shape index (κ2) is 71.3. The van der Waals surface area contributed by atoms with E-state index in [4.69, 9.17) is 37.0 Å². The van der Waals surface area contributed by atoms with Crippen molar-refractivity contribution in [2.24, 2.45) is 17.8 Å². The number of hydrogen-bond acceptors (Lipinski definition) is 15. The number of unbranched alkanes of at least 4 members (excludes halogenated alkanes) is 45. The molecule has 17 nitrogen and oxygen atoms in total. The van der Waals surface area contributed by atoms with E-state index in [1.54, 1.807) is 0 Å². The molecule has 3 N–H and O–H groups in total. The van der Waals surface area contributed by atoms with Crippen molar-refractivity contribution in [3.05, 3.63) is 0 Å². The van der Waals surface area contributed by atoms with Gasteiger partial charge in [-0.2, -0.15) is 0 Å². The van der Waals surface area contributed by atoms with Crippen LogP contribution in [0.4, 0.5) is 0 Å². The zero-order valence-corrected chi connectivity index (χ0v) is 67.5. The van der Waals surface area contributed by atoms with E-state index in [0.717, 1.165) is 108 Å². The number of aliphatic hydroxyl groups excluding tert-OH is 1. The summed E-state index contributed by atoms with van der Waals surface area (Å²) in [6.07, 6.45) is 59.8. The lowest BCUT2D eigenvalue weighted by Crippen LogP contribution is -2.30. The van der Waals surface area contributed by atoms with E-state index in [0.29, 0.717) is 31.6 Å². The van der Waals surface area contributed by atoms with Crippen LogP contribution in [-0.4, -0.2) is 96.7 Å². The molecule has 19 heteroatoms. The Morgan fingerprint density at radius 2 is 0.510 bits per heavy atom. The molecule has 0 bridgehead atoms. The van der Waals surface area contributed by atoms with Crippen LogP contribution in [0.3, 0.4) is 0 Å². The Bertz CT molecular complexity index is 1940. The Kier molecular flexibility index (Phi) is 69.9. The lowest BCUT2D eigenvalue weighted by molar-refractivity contribution is -0.161. The van der Waals surface area contributed by atoms with Crippen LogP contribution in [-0.2, 0) is 65.4 Å². The summed E-state index contributed by atoms with van der Waals surface area (Å²) in [6.45, 7) is 11.9. The molecule has 7 atom stereocenters. The maximum absolute atomic E-state index is 13.1. The number of ether oxygens (including phenoxy) is 4. The van der Waals surface area contributed by atoms with E-state index >= 15 is 0 Å². The second-order valence-corrected chi connectivity index (χ2v) is 33.0. The summed E-state index contributed by atoms with van der Waals surface area (Å²) in [4.78, 5) is 73.0. The summed E-state index contributed by atoms with van der Waals surface area (Å²) in [5.41, 5.74) is 0. The Labute approximate surface area is 613 Å².